The quantitative estimate of drug-likeness (QED) is 0.0738. The van der Waals surface area contributed by atoms with E-state index >= 15 is 0 Å². The summed E-state index contributed by atoms with van der Waals surface area (Å²) in [6.45, 7) is 5.60. The first-order valence-corrected chi connectivity index (χ1v) is 19.8. The van der Waals surface area contributed by atoms with Crippen molar-refractivity contribution in [1.82, 2.24) is 34.9 Å². The van der Waals surface area contributed by atoms with Gasteiger partial charge in [-0.2, -0.15) is 5.10 Å². The molecule has 4 N–H and O–H groups in total. The SMILES string of the molecule is C[C@H]1CCCN1Cc1nc2ccc(NC(=O)c3ccc4c(cnn4CCCCCCCCNc4cccc5c4C(=O)N(C4CCC(=O)NC4=O)C5=O)c3)cc2[nH]1. The zero-order chi connectivity index (χ0) is 38.8. The monoisotopic (exact) mass is 757 g/mol. The second-order valence-electron chi connectivity index (χ2n) is 15.2. The van der Waals surface area contributed by atoms with E-state index < -0.39 is 29.7 Å². The van der Waals surface area contributed by atoms with E-state index in [4.69, 9.17) is 4.98 Å². The third-order valence-electron chi connectivity index (χ3n) is 11.3. The lowest BCUT2D eigenvalue weighted by Crippen LogP contribution is -2.54. The van der Waals surface area contributed by atoms with E-state index in [1.165, 1.54) is 12.8 Å². The van der Waals surface area contributed by atoms with Crippen molar-refractivity contribution < 1.29 is 24.0 Å². The Kier molecular flexibility index (Phi) is 10.6. The molecular formula is C42H47N9O5. The maximum absolute atomic E-state index is 13.3. The first kappa shape index (κ1) is 37.1. The maximum atomic E-state index is 13.3. The fourth-order valence-electron chi connectivity index (χ4n) is 8.22. The van der Waals surface area contributed by atoms with Gasteiger partial charge in [-0.3, -0.25) is 43.8 Å². The van der Waals surface area contributed by atoms with Gasteiger partial charge in [0.05, 0.1) is 40.4 Å². The Hall–Kier alpha value is -5.89. The van der Waals surface area contributed by atoms with Gasteiger partial charge in [-0.1, -0.05) is 31.7 Å². The predicted octanol–water partition coefficient (Wildman–Crippen LogP) is 6.00. The number of amides is 5. The molecule has 5 aromatic rings. The van der Waals surface area contributed by atoms with Crippen LogP contribution in [0.4, 0.5) is 11.4 Å². The molecule has 5 heterocycles. The van der Waals surface area contributed by atoms with Gasteiger partial charge in [-0.15, -0.1) is 0 Å². The van der Waals surface area contributed by atoms with Crippen LogP contribution in [0, 0.1) is 0 Å². The van der Waals surface area contributed by atoms with E-state index in [-0.39, 0.29) is 29.9 Å². The van der Waals surface area contributed by atoms with Crippen molar-refractivity contribution in [2.24, 2.45) is 0 Å². The molecule has 2 fully saturated rings. The van der Waals surface area contributed by atoms with Crippen LogP contribution in [-0.2, 0) is 22.7 Å². The second-order valence-corrected chi connectivity index (χ2v) is 15.2. The summed E-state index contributed by atoms with van der Waals surface area (Å²) in [5, 5.41) is 14.1. The van der Waals surface area contributed by atoms with Crippen molar-refractivity contribution >= 4 is 62.8 Å². The fourth-order valence-corrected chi connectivity index (χ4v) is 8.22. The average Bonchev–Trinajstić information content (AvgIpc) is 3.96. The Morgan fingerprint density at radius 1 is 0.929 bits per heavy atom. The number of aryl methyl sites for hydroxylation is 1. The van der Waals surface area contributed by atoms with Crippen LogP contribution in [0.2, 0.25) is 0 Å². The molecule has 0 radical (unpaired) electrons. The number of rotatable bonds is 15. The Balaban J connectivity index is 0.757. The summed E-state index contributed by atoms with van der Waals surface area (Å²) in [6.07, 6.45) is 10.6. The number of likely N-dealkylation sites (tertiary alicyclic amines) is 1. The summed E-state index contributed by atoms with van der Waals surface area (Å²) < 4.78 is 2.00. The number of nitrogens with zero attached hydrogens (tertiary/aromatic N) is 5. The number of anilines is 2. The van der Waals surface area contributed by atoms with Crippen LogP contribution in [0.1, 0.15) is 108 Å². The number of imidazole rings is 1. The molecule has 0 aliphatic carbocycles. The molecule has 290 valence electrons. The van der Waals surface area contributed by atoms with Gasteiger partial charge in [0, 0.05) is 47.9 Å². The lowest BCUT2D eigenvalue weighted by Gasteiger charge is -2.27. The second kappa shape index (κ2) is 16.1. The average molecular weight is 758 g/mol. The van der Waals surface area contributed by atoms with Gasteiger partial charge in [-0.25, -0.2) is 4.98 Å². The summed E-state index contributed by atoms with van der Waals surface area (Å²) in [5.41, 5.74) is 5.23. The molecule has 8 rings (SSSR count). The summed E-state index contributed by atoms with van der Waals surface area (Å²) in [5.74, 6) is -1.25. The highest BCUT2D eigenvalue weighted by atomic mass is 16.2. The molecule has 0 saturated carbocycles. The van der Waals surface area contributed by atoms with Crippen molar-refractivity contribution in [1.29, 1.82) is 0 Å². The number of piperidine rings is 1. The van der Waals surface area contributed by atoms with Crippen LogP contribution < -0.4 is 16.0 Å². The molecule has 3 aromatic carbocycles. The minimum atomic E-state index is -0.982. The molecule has 5 amide bonds. The molecule has 2 saturated heterocycles. The highest BCUT2D eigenvalue weighted by Crippen LogP contribution is 2.32. The van der Waals surface area contributed by atoms with E-state index in [9.17, 15) is 24.0 Å². The van der Waals surface area contributed by atoms with E-state index in [2.05, 4.69) is 37.9 Å². The maximum Gasteiger partial charge on any atom is 0.264 e. The Morgan fingerprint density at radius 3 is 2.59 bits per heavy atom. The largest absolute Gasteiger partial charge is 0.384 e. The number of hydrogen-bond acceptors (Lipinski definition) is 9. The molecule has 14 nitrogen and oxygen atoms in total. The molecule has 2 aromatic heterocycles. The number of carbonyl (C=O) groups is 5. The van der Waals surface area contributed by atoms with Crippen LogP contribution in [0.3, 0.4) is 0 Å². The van der Waals surface area contributed by atoms with Crippen LogP contribution >= 0.6 is 0 Å². The zero-order valence-corrected chi connectivity index (χ0v) is 31.6. The van der Waals surface area contributed by atoms with E-state index in [0.29, 0.717) is 29.5 Å². The number of carbonyl (C=O) groups excluding carboxylic acids is 5. The minimum absolute atomic E-state index is 0.0869. The van der Waals surface area contributed by atoms with Crippen LogP contribution in [0.5, 0.6) is 0 Å². The molecular weight excluding hydrogens is 711 g/mol. The highest BCUT2D eigenvalue weighted by Gasteiger charge is 2.45. The molecule has 56 heavy (non-hydrogen) atoms. The molecule has 3 aliphatic heterocycles. The number of fused-ring (bicyclic) bond motifs is 3. The van der Waals surface area contributed by atoms with Gasteiger partial charge in [0.15, 0.2) is 0 Å². The number of H-pyrrole nitrogens is 1. The summed E-state index contributed by atoms with van der Waals surface area (Å²) >= 11 is 0. The number of unbranched alkanes of at least 4 members (excludes halogenated alkanes) is 5. The standard InChI is InChI=1S/C42H47N9O5/c1-26-10-9-20-49(26)25-36-46-31-15-14-29(23-33(31)47-36)45-39(53)27-13-16-34-28(22-27)24-44-50(34)21-7-5-3-2-4-6-19-43-32-12-8-11-30-38(32)42(56)51(41(30)55)35-17-18-37(52)48-40(35)54/h8,11-16,22-24,26,35,43H,2-7,9-10,17-21,25H2,1H3,(H,45,53)(H,46,47)(H,48,52,54)/t26-,35?/m0/s1. The van der Waals surface area contributed by atoms with Crippen LogP contribution in [0.25, 0.3) is 21.9 Å². The smallest absolute Gasteiger partial charge is 0.264 e. The first-order chi connectivity index (χ1) is 27.2. The van der Waals surface area contributed by atoms with E-state index in [1.807, 2.05) is 47.3 Å². The van der Waals surface area contributed by atoms with E-state index in [0.717, 1.165) is 90.8 Å². The number of hydrogen-bond donors (Lipinski definition) is 4. The highest BCUT2D eigenvalue weighted by molar-refractivity contribution is 6.25. The van der Waals surface area contributed by atoms with Crippen LogP contribution in [-0.4, -0.2) is 84.3 Å². The first-order valence-electron chi connectivity index (χ1n) is 19.8. The summed E-state index contributed by atoms with van der Waals surface area (Å²) in [7, 11) is 0. The minimum Gasteiger partial charge on any atom is -0.384 e. The molecule has 1 unspecified atom stereocenters. The fraction of sp³-hybridized carbons (Fsp3) is 0.405. The van der Waals surface area contributed by atoms with Gasteiger partial charge in [-0.05, 0) is 94.1 Å². The third-order valence-corrected chi connectivity index (χ3v) is 11.3. The number of aromatic nitrogens is 4. The summed E-state index contributed by atoms with van der Waals surface area (Å²) in [6, 6.07) is 16.2. The van der Waals surface area contributed by atoms with Crippen LogP contribution in [0.15, 0.2) is 60.8 Å². The van der Waals surface area contributed by atoms with Crippen molar-refractivity contribution in [3.05, 3.63) is 83.3 Å². The topological polar surface area (TPSA) is 174 Å². The van der Waals surface area contributed by atoms with E-state index in [1.54, 1.807) is 18.2 Å². The van der Waals surface area contributed by atoms with Crippen molar-refractivity contribution in [3.8, 4) is 0 Å². The van der Waals surface area contributed by atoms with Gasteiger partial charge in [0.2, 0.25) is 11.8 Å². The summed E-state index contributed by atoms with van der Waals surface area (Å²) in [4.78, 5) is 75.2. The van der Waals surface area contributed by atoms with Crippen molar-refractivity contribution in [2.45, 2.75) is 96.3 Å². The third kappa shape index (κ3) is 7.65. The van der Waals surface area contributed by atoms with Gasteiger partial charge < -0.3 is 15.6 Å². The normalized spacial score (nSPS) is 18.6. The molecule has 0 bridgehead atoms. The number of benzene rings is 3. The number of aromatic amines is 1. The van der Waals surface area contributed by atoms with Gasteiger partial charge in [0.25, 0.3) is 17.7 Å². The predicted molar refractivity (Wildman–Crippen MR) is 212 cm³/mol. The molecule has 2 atom stereocenters. The lowest BCUT2D eigenvalue weighted by molar-refractivity contribution is -0.136. The Labute approximate surface area is 324 Å². The number of nitrogens with one attached hydrogen (secondary N) is 4. The van der Waals surface area contributed by atoms with Gasteiger partial charge >= 0.3 is 0 Å². The zero-order valence-electron chi connectivity index (χ0n) is 31.6. The van der Waals surface area contributed by atoms with Gasteiger partial charge in [0.1, 0.15) is 11.9 Å². The molecule has 0 spiro atoms. The number of imide groups is 2. The molecule has 14 heteroatoms. The van der Waals surface area contributed by atoms with Crippen molar-refractivity contribution in [3.63, 3.8) is 0 Å². The lowest BCUT2D eigenvalue weighted by atomic mass is 10.0. The Morgan fingerprint density at radius 2 is 1.77 bits per heavy atom. The van der Waals surface area contributed by atoms with Crippen molar-refractivity contribution in [2.75, 3.05) is 23.7 Å². The molecule has 3 aliphatic rings. The Bertz CT molecular complexity index is 2330.